The molecule has 1 unspecified atom stereocenters. The van der Waals surface area contributed by atoms with Crippen LogP contribution in [0.4, 0.5) is 5.69 Å². The number of nitrogen functional groups attached to an aromatic ring is 1. The van der Waals surface area contributed by atoms with E-state index >= 15 is 0 Å². The summed E-state index contributed by atoms with van der Waals surface area (Å²) in [5.74, 6) is 0.552. The molecule has 1 amide bonds. The maximum atomic E-state index is 12.1. The fraction of sp³-hybridized carbons (Fsp3) is 0.636. The van der Waals surface area contributed by atoms with Gasteiger partial charge in [-0.2, -0.15) is 5.10 Å². The minimum atomic E-state index is -0.0961. The number of aromatic amines is 1. The number of hydrogen-bond donors (Lipinski definition) is 2. The number of hydrogen-bond acceptors (Lipinski definition) is 3. The average molecular weight is 222 g/mol. The van der Waals surface area contributed by atoms with Crippen LogP contribution in [0.25, 0.3) is 0 Å². The second kappa shape index (κ2) is 3.81. The van der Waals surface area contributed by atoms with Crippen LogP contribution in [0, 0.1) is 12.8 Å². The number of rotatable bonds is 3. The Balaban J connectivity index is 2.14. The van der Waals surface area contributed by atoms with E-state index in [4.69, 9.17) is 5.73 Å². The lowest BCUT2D eigenvalue weighted by Gasteiger charge is -2.24. The number of amides is 1. The van der Waals surface area contributed by atoms with Crippen molar-refractivity contribution in [1.82, 2.24) is 15.1 Å². The molecule has 1 aromatic heterocycles. The van der Waals surface area contributed by atoms with Gasteiger partial charge in [-0.05, 0) is 32.6 Å². The molecular formula is C11H18N4O. The minimum absolute atomic E-state index is 0.0961. The van der Waals surface area contributed by atoms with Gasteiger partial charge in [0.1, 0.15) is 0 Å². The van der Waals surface area contributed by atoms with Crippen molar-refractivity contribution in [3.05, 3.63) is 11.4 Å². The van der Waals surface area contributed by atoms with Crippen LogP contribution in [0.1, 0.15) is 35.9 Å². The zero-order chi connectivity index (χ0) is 11.9. The summed E-state index contributed by atoms with van der Waals surface area (Å²) in [6, 6.07) is 0.268. The summed E-state index contributed by atoms with van der Waals surface area (Å²) in [5, 5.41) is 6.69. The van der Waals surface area contributed by atoms with Crippen molar-refractivity contribution in [2.24, 2.45) is 5.92 Å². The lowest BCUT2D eigenvalue weighted by molar-refractivity contribution is 0.0722. The van der Waals surface area contributed by atoms with Crippen LogP contribution in [0.5, 0.6) is 0 Å². The van der Waals surface area contributed by atoms with Crippen LogP contribution in [0.2, 0.25) is 0 Å². The maximum Gasteiger partial charge on any atom is 0.276 e. The van der Waals surface area contributed by atoms with Gasteiger partial charge in [-0.1, -0.05) is 0 Å². The topological polar surface area (TPSA) is 75.0 Å². The molecule has 5 heteroatoms. The Morgan fingerprint density at radius 3 is 2.69 bits per heavy atom. The second-order valence-electron chi connectivity index (χ2n) is 4.60. The van der Waals surface area contributed by atoms with Crippen LogP contribution >= 0.6 is 0 Å². The van der Waals surface area contributed by atoms with Crippen molar-refractivity contribution in [3.63, 3.8) is 0 Å². The Bertz CT molecular complexity index is 408. The molecule has 5 nitrogen and oxygen atoms in total. The average Bonchev–Trinajstić information content (AvgIpc) is 3.05. The van der Waals surface area contributed by atoms with E-state index in [2.05, 4.69) is 17.1 Å². The summed E-state index contributed by atoms with van der Waals surface area (Å²) in [4.78, 5) is 13.9. The molecule has 0 bridgehead atoms. The lowest BCUT2D eigenvalue weighted by atomic mass is 10.1. The lowest BCUT2D eigenvalue weighted by Crippen LogP contribution is -2.37. The summed E-state index contributed by atoms with van der Waals surface area (Å²) >= 11 is 0. The standard InChI is InChI=1S/C11H18N4O/c1-6-9(12)10(14-13-6)11(16)15(3)7(2)8-4-5-8/h7-8H,4-5,12H2,1-3H3,(H,13,14). The normalized spacial score (nSPS) is 17.2. The van der Waals surface area contributed by atoms with Crippen molar-refractivity contribution in [2.75, 3.05) is 12.8 Å². The highest BCUT2D eigenvalue weighted by molar-refractivity contribution is 5.97. The van der Waals surface area contributed by atoms with Gasteiger partial charge < -0.3 is 10.6 Å². The van der Waals surface area contributed by atoms with Gasteiger partial charge in [-0.25, -0.2) is 0 Å². The van der Waals surface area contributed by atoms with Crippen molar-refractivity contribution in [2.45, 2.75) is 32.7 Å². The molecule has 1 aliphatic carbocycles. The minimum Gasteiger partial charge on any atom is -0.395 e. The summed E-state index contributed by atoms with van der Waals surface area (Å²) < 4.78 is 0. The monoisotopic (exact) mass is 222 g/mol. The van der Waals surface area contributed by atoms with Gasteiger partial charge in [0, 0.05) is 13.1 Å². The number of H-pyrrole nitrogens is 1. The molecule has 1 aliphatic rings. The molecule has 0 spiro atoms. The summed E-state index contributed by atoms with van der Waals surface area (Å²) in [7, 11) is 1.81. The van der Waals surface area contributed by atoms with E-state index in [0.29, 0.717) is 17.3 Å². The number of nitrogens with zero attached hydrogens (tertiary/aromatic N) is 2. The van der Waals surface area contributed by atoms with E-state index < -0.39 is 0 Å². The van der Waals surface area contributed by atoms with Crippen molar-refractivity contribution < 1.29 is 4.79 Å². The molecule has 2 rings (SSSR count). The molecule has 1 aromatic rings. The van der Waals surface area contributed by atoms with Crippen molar-refractivity contribution in [1.29, 1.82) is 0 Å². The molecule has 1 atom stereocenters. The van der Waals surface area contributed by atoms with E-state index in [0.717, 1.165) is 5.69 Å². The third-order valence-corrected chi connectivity index (χ3v) is 3.43. The Morgan fingerprint density at radius 2 is 2.25 bits per heavy atom. The van der Waals surface area contributed by atoms with E-state index in [1.54, 1.807) is 4.90 Å². The third kappa shape index (κ3) is 1.77. The molecule has 0 aromatic carbocycles. The van der Waals surface area contributed by atoms with Crippen LogP contribution in [-0.2, 0) is 0 Å². The predicted molar refractivity (Wildman–Crippen MR) is 62.0 cm³/mol. The van der Waals surface area contributed by atoms with Gasteiger partial charge in [-0.15, -0.1) is 0 Å². The molecule has 1 fully saturated rings. The van der Waals surface area contributed by atoms with E-state index in [-0.39, 0.29) is 11.9 Å². The van der Waals surface area contributed by atoms with Gasteiger partial charge >= 0.3 is 0 Å². The highest BCUT2D eigenvalue weighted by atomic mass is 16.2. The Labute approximate surface area is 95.0 Å². The number of nitrogens with one attached hydrogen (secondary N) is 1. The number of nitrogens with two attached hydrogens (primary N) is 1. The number of aryl methyl sites for hydroxylation is 1. The largest absolute Gasteiger partial charge is 0.395 e. The van der Waals surface area contributed by atoms with Crippen LogP contribution < -0.4 is 5.73 Å². The quantitative estimate of drug-likeness (QED) is 0.806. The van der Waals surface area contributed by atoms with Gasteiger partial charge in [-0.3, -0.25) is 9.89 Å². The molecule has 3 N–H and O–H groups in total. The van der Waals surface area contributed by atoms with Crippen molar-refractivity contribution in [3.8, 4) is 0 Å². The summed E-state index contributed by atoms with van der Waals surface area (Å²) in [5.41, 5.74) is 7.34. The number of aromatic nitrogens is 2. The van der Waals surface area contributed by atoms with Crippen LogP contribution in [0.15, 0.2) is 0 Å². The smallest absolute Gasteiger partial charge is 0.276 e. The number of carbonyl (C=O) groups excluding carboxylic acids is 1. The fourth-order valence-electron chi connectivity index (χ4n) is 1.85. The van der Waals surface area contributed by atoms with E-state index in [1.165, 1.54) is 12.8 Å². The Hall–Kier alpha value is -1.52. The van der Waals surface area contributed by atoms with Gasteiger partial charge in [0.05, 0.1) is 11.4 Å². The molecular weight excluding hydrogens is 204 g/mol. The third-order valence-electron chi connectivity index (χ3n) is 3.43. The van der Waals surface area contributed by atoms with Crippen LogP contribution in [0.3, 0.4) is 0 Å². The highest BCUT2D eigenvalue weighted by Gasteiger charge is 2.33. The first-order valence-corrected chi connectivity index (χ1v) is 5.60. The molecule has 1 saturated carbocycles. The van der Waals surface area contributed by atoms with Crippen LogP contribution in [-0.4, -0.2) is 34.1 Å². The predicted octanol–water partition coefficient (Wildman–Crippen LogP) is 1.17. The molecule has 0 radical (unpaired) electrons. The molecule has 0 saturated heterocycles. The first-order chi connectivity index (χ1) is 7.52. The van der Waals surface area contributed by atoms with E-state index in [1.807, 2.05) is 14.0 Å². The molecule has 1 heterocycles. The number of anilines is 1. The van der Waals surface area contributed by atoms with E-state index in [9.17, 15) is 4.79 Å². The SMILES string of the molecule is Cc1[nH]nc(C(=O)N(C)C(C)C2CC2)c1N. The number of carbonyl (C=O) groups is 1. The molecule has 88 valence electrons. The highest BCUT2D eigenvalue weighted by Crippen LogP contribution is 2.35. The second-order valence-corrected chi connectivity index (χ2v) is 4.60. The summed E-state index contributed by atoms with van der Waals surface area (Å²) in [6.45, 7) is 3.88. The van der Waals surface area contributed by atoms with Gasteiger partial charge in [0.25, 0.3) is 5.91 Å². The maximum absolute atomic E-state index is 12.1. The van der Waals surface area contributed by atoms with Gasteiger partial charge in [0.2, 0.25) is 0 Å². The Kier molecular flexibility index (Phi) is 2.61. The first kappa shape index (κ1) is 11.0. The van der Waals surface area contributed by atoms with Gasteiger partial charge in [0.15, 0.2) is 5.69 Å². The first-order valence-electron chi connectivity index (χ1n) is 5.60. The Morgan fingerprint density at radius 1 is 1.62 bits per heavy atom. The molecule has 16 heavy (non-hydrogen) atoms. The zero-order valence-corrected chi connectivity index (χ0v) is 9.95. The summed E-state index contributed by atoms with van der Waals surface area (Å²) in [6.07, 6.45) is 2.43. The zero-order valence-electron chi connectivity index (χ0n) is 9.95. The molecule has 0 aliphatic heterocycles. The van der Waals surface area contributed by atoms with Crippen molar-refractivity contribution >= 4 is 11.6 Å². The fourth-order valence-corrected chi connectivity index (χ4v) is 1.85.